The van der Waals surface area contributed by atoms with Gasteiger partial charge in [-0.15, -0.1) is 0 Å². The first-order valence-electron chi connectivity index (χ1n) is 12.9. The van der Waals surface area contributed by atoms with Crippen molar-refractivity contribution < 1.29 is 19.0 Å². The number of rotatable bonds is 9. The number of aromatic nitrogens is 2. The maximum absolute atomic E-state index is 13.6. The van der Waals surface area contributed by atoms with E-state index in [4.69, 9.17) is 30.8 Å². The lowest BCUT2D eigenvalue weighted by Gasteiger charge is -2.22. The summed E-state index contributed by atoms with van der Waals surface area (Å²) in [5.41, 5.74) is 1.03. The zero-order valence-electron chi connectivity index (χ0n) is 21.7. The molecule has 3 aromatic rings. The minimum atomic E-state index is -0.870. The topological polar surface area (TPSA) is 92.0 Å². The van der Waals surface area contributed by atoms with Crippen molar-refractivity contribution in [3.05, 3.63) is 61.6 Å². The highest BCUT2D eigenvalue weighted by Gasteiger charge is 2.23. The maximum atomic E-state index is 13.6. The summed E-state index contributed by atoms with van der Waals surface area (Å²) in [6.45, 7) is 5.75. The van der Waals surface area contributed by atoms with Crippen molar-refractivity contribution >= 4 is 50.6 Å². The summed E-state index contributed by atoms with van der Waals surface area (Å²) in [4.78, 5) is 30.5. The second-order valence-corrected chi connectivity index (χ2v) is 10.4. The zero-order valence-corrected chi connectivity index (χ0v) is 24.0. The van der Waals surface area contributed by atoms with E-state index in [0.717, 1.165) is 30.2 Å². The van der Waals surface area contributed by atoms with Crippen LogP contribution in [0.5, 0.6) is 11.5 Å². The molecule has 1 aliphatic carbocycles. The van der Waals surface area contributed by atoms with Crippen molar-refractivity contribution in [3.8, 4) is 11.5 Å². The van der Waals surface area contributed by atoms with Crippen LogP contribution in [-0.2, 0) is 9.53 Å². The number of carbonyl (C=O) groups excluding carboxylic acids is 1. The number of carbonyl (C=O) groups is 1. The highest BCUT2D eigenvalue weighted by Crippen LogP contribution is 2.37. The minimum Gasteiger partial charge on any atom is -0.490 e. The van der Waals surface area contributed by atoms with Crippen LogP contribution in [0, 0.1) is 0 Å². The van der Waals surface area contributed by atoms with Crippen molar-refractivity contribution in [1.82, 2.24) is 9.66 Å². The predicted octanol–water partition coefficient (Wildman–Crippen LogP) is 6.47. The van der Waals surface area contributed by atoms with Gasteiger partial charge in [-0.3, -0.25) is 4.79 Å². The Kier molecular flexibility index (Phi) is 9.44. The van der Waals surface area contributed by atoms with Gasteiger partial charge >= 0.3 is 5.97 Å². The summed E-state index contributed by atoms with van der Waals surface area (Å²) in [6, 6.07) is 8.87. The van der Waals surface area contributed by atoms with Crippen LogP contribution in [0.15, 0.2) is 44.7 Å². The first-order chi connectivity index (χ1) is 18.3. The number of hydrogen-bond acceptors (Lipinski definition) is 7. The molecule has 2 aromatic carbocycles. The molecular weight excluding hydrogens is 574 g/mol. The largest absolute Gasteiger partial charge is 0.490 e. The molecule has 8 nitrogen and oxygen atoms in total. The molecular formula is C28H31BrClN3O5. The Labute approximate surface area is 235 Å². The number of hydrogen-bond donors (Lipinski definition) is 0. The van der Waals surface area contributed by atoms with Crippen LogP contribution in [0.4, 0.5) is 0 Å². The van der Waals surface area contributed by atoms with Crippen LogP contribution in [0.1, 0.15) is 70.2 Å². The van der Waals surface area contributed by atoms with E-state index < -0.39 is 12.1 Å². The van der Waals surface area contributed by atoms with Crippen molar-refractivity contribution in [2.75, 3.05) is 13.2 Å². The van der Waals surface area contributed by atoms with Crippen LogP contribution in [0.3, 0.4) is 0 Å². The first-order valence-corrected chi connectivity index (χ1v) is 14.1. The quantitative estimate of drug-likeness (QED) is 0.205. The van der Waals surface area contributed by atoms with E-state index in [-0.39, 0.29) is 28.9 Å². The smallest absolute Gasteiger partial charge is 0.347 e. The van der Waals surface area contributed by atoms with Crippen LogP contribution in [0.2, 0.25) is 5.02 Å². The van der Waals surface area contributed by atoms with Crippen molar-refractivity contribution in [2.24, 2.45) is 5.10 Å². The first kappa shape index (κ1) is 28.1. The van der Waals surface area contributed by atoms with Crippen LogP contribution >= 0.6 is 27.5 Å². The van der Waals surface area contributed by atoms with Gasteiger partial charge in [0.15, 0.2) is 17.6 Å². The molecule has 0 unspecified atom stereocenters. The van der Waals surface area contributed by atoms with Gasteiger partial charge in [-0.1, -0.05) is 46.8 Å². The molecule has 1 fully saturated rings. The average molecular weight is 605 g/mol. The van der Waals surface area contributed by atoms with Gasteiger partial charge in [0.2, 0.25) is 0 Å². The van der Waals surface area contributed by atoms with Crippen LogP contribution < -0.4 is 15.0 Å². The lowest BCUT2D eigenvalue weighted by atomic mass is 9.88. The molecule has 202 valence electrons. The molecule has 0 aliphatic heterocycles. The van der Waals surface area contributed by atoms with E-state index >= 15 is 0 Å². The highest BCUT2D eigenvalue weighted by molar-refractivity contribution is 9.10. The Hall–Kier alpha value is -2.91. The second kappa shape index (κ2) is 12.8. The molecule has 38 heavy (non-hydrogen) atoms. The van der Waals surface area contributed by atoms with Gasteiger partial charge in [-0.25, -0.2) is 9.78 Å². The standard InChI is InChI=1S/C28H31BrClN3O5/c1-4-36-24-14-18(13-22(30)25(24)38-17(3)28(35)37-5-2)16-31-33-26(19-9-7-6-8-10-19)32-23-12-11-20(29)15-21(23)27(33)34/h11-17,19H,4-10H2,1-3H3/t17-/m1/s1. The van der Waals surface area contributed by atoms with E-state index in [9.17, 15) is 9.59 Å². The Morgan fingerprint density at radius 1 is 1.21 bits per heavy atom. The molecule has 0 radical (unpaired) electrons. The number of fused-ring (bicyclic) bond motifs is 1. The number of nitrogens with zero attached hydrogens (tertiary/aromatic N) is 3. The molecule has 0 saturated heterocycles. The third kappa shape index (κ3) is 6.38. The van der Waals surface area contributed by atoms with Crippen molar-refractivity contribution in [1.29, 1.82) is 0 Å². The van der Waals surface area contributed by atoms with Crippen molar-refractivity contribution in [2.45, 2.75) is 64.9 Å². The van der Waals surface area contributed by atoms with Gasteiger partial charge in [0, 0.05) is 10.4 Å². The highest BCUT2D eigenvalue weighted by atomic mass is 79.9. The Balaban J connectivity index is 1.74. The van der Waals surface area contributed by atoms with Crippen LogP contribution in [-0.4, -0.2) is 41.2 Å². The number of benzene rings is 2. The molecule has 0 bridgehead atoms. The summed E-state index contributed by atoms with van der Waals surface area (Å²) in [7, 11) is 0. The summed E-state index contributed by atoms with van der Waals surface area (Å²) < 4.78 is 18.8. The molecule has 1 aliphatic rings. The summed E-state index contributed by atoms with van der Waals surface area (Å²) >= 11 is 10.0. The molecule has 0 spiro atoms. The molecule has 0 amide bonds. The van der Waals surface area contributed by atoms with Gasteiger partial charge in [-0.2, -0.15) is 9.78 Å². The molecule has 4 rings (SSSR count). The van der Waals surface area contributed by atoms with E-state index in [2.05, 4.69) is 21.0 Å². The fourth-order valence-corrected chi connectivity index (χ4v) is 5.18. The fraction of sp³-hybridized carbons (Fsp3) is 0.429. The summed E-state index contributed by atoms with van der Waals surface area (Å²) in [5, 5.41) is 5.32. The molecule has 1 saturated carbocycles. The lowest BCUT2D eigenvalue weighted by molar-refractivity contribution is -0.150. The predicted molar refractivity (Wildman–Crippen MR) is 152 cm³/mol. The number of halogens is 2. The summed E-state index contributed by atoms with van der Waals surface area (Å²) in [6.07, 6.45) is 6.01. The Morgan fingerprint density at radius 2 is 1.97 bits per heavy atom. The van der Waals surface area contributed by atoms with Gasteiger partial charge in [0.1, 0.15) is 5.82 Å². The maximum Gasteiger partial charge on any atom is 0.347 e. The van der Waals surface area contributed by atoms with E-state index in [0.29, 0.717) is 34.6 Å². The van der Waals surface area contributed by atoms with E-state index in [1.807, 2.05) is 19.1 Å². The lowest BCUT2D eigenvalue weighted by Crippen LogP contribution is -2.26. The molecule has 0 N–H and O–H groups in total. The Bertz CT molecular complexity index is 1400. The molecule has 1 atom stereocenters. The molecule has 10 heteroatoms. The van der Waals surface area contributed by atoms with Crippen molar-refractivity contribution in [3.63, 3.8) is 0 Å². The summed E-state index contributed by atoms with van der Waals surface area (Å²) in [5.74, 6) is 0.924. The van der Waals surface area contributed by atoms with E-state index in [1.165, 1.54) is 11.1 Å². The van der Waals surface area contributed by atoms with Gasteiger partial charge < -0.3 is 14.2 Å². The van der Waals surface area contributed by atoms with Crippen LogP contribution in [0.25, 0.3) is 10.9 Å². The van der Waals surface area contributed by atoms with E-state index in [1.54, 1.807) is 38.3 Å². The third-order valence-corrected chi connectivity index (χ3v) is 7.14. The monoisotopic (exact) mass is 603 g/mol. The van der Waals surface area contributed by atoms with Gasteiger partial charge in [0.05, 0.1) is 35.4 Å². The van der Waals surface area contributed by atoms with Gasteiger partial charge in [0.25, 0.3) is 5.56 Å². The normalized spacial score (nSPS) is 15.1. The fourth-order valence-electron chi connectivity index (χ4n) is 4.55. The zero-order chi connectivity index (χ0) is 27.2. The Morgan fingerprint density at radius 3 is 2.68 bits per heavy atom. The third-order valence-electron chi connectivity index (χ3n) is 6.37. The SMILES string of the molecule is CCOC(=O)[C@@H](C)Oc1c(Cl)cc(C=Nn2c(C3CCCCC3)nc3ccc(Br)cc3c2=O)cc1OCC. The number of esters is 1. The molecule has 1 aromatic heterocycles. The minimum absolute atomic E-state index is 0.157. The average Bonchev–Trinajstić information content (AvgIpc) is 2.91. The van der Waals surface area contributed by atoms with Gasteiger partial charge in [-0.05, 0) is 69.5 Å². The molecule has 1 heterocycles. The second-order valence-electron chi connectivity index (χ2n) is 9.10. The number of ether oxygens (including phenoxy) is 3.